The molecule has 4 nitrogen and oxygen atoms in total. The predicted molar refractivity (Wildman–Crippen MR) is 105 cm³/mol. The minimum Gasteiger partial charge on any atom is -0.496 e. The van der Waals surface area contributed by atoms with E-state index in [4.69, 9.17) is 9.47 Å². The van der Waals surface area contributed by atoms with Crippen molar-refractivity contribution in [2.24, 2.45) is 0 Å². The average molecular weight is 359 g/mol. The van der Waals surface area contributed by atoms with Crippen LogP contribution < -0.4 is 14.4 Å². The van der Waals surface area contributed by atoms with Crippen LogP contribution in [0.5, 0.6) is 11.5 Å². The summed E-state index contributed by atoms with van der Waals surface area (Å²) in [5.41, 5.74) is 4.04. The van der Waals surface area contributed by atoms with Gasteiger partial charge in [-0.3, -0.25) is 4.79 Å². The zero-order valence-corrected chi connectivity index (χ0v) is 16.3. The molecule has 0 aliphatic heterocycles. The Bertz CT molecular complexity index is 746. The Balaban J connectivity index is 2.30. The highest BCUT2D eigenvalue weighted by atomic mass is 32.2. The van der Waals surface area contributed by atoms with Crippen molar-refractivity contribution in [3.8, 4) is 11.5 Å². The van der Waals surface area contributed by atoms with Crippen LogP contribution in [-0.4, -0.2) is 25.7 Å². The Morgan fingerprint density at radius 3 is 2.56 bits per heavy atom. The molecule has 0 radical (unpaired) electrons. The van der Waals surface area contributed by atoms with Crippen LogP contribution >= 0.6 is 11.8 Å². The summed E-state index contributed by atoms with van der Waals surface area (Å²) in [6.45, 7) is 4.51. The summed E-state index contributed by atoms with van der Waals surface area (Å²) < 4.78 is 11.5. The Kier molecular flexibility index (Phi) is 6.76. The van der Waals surface area contributed by atoms with Crippen molar-refractivity contribution in [2.45, 2.75) is 26.9 Å². The van der Waals surface area contributed by atoms with E-state index in [1.54, 1.807) is 25.3 Å². The van der Waals surface area contributed by atoms with Gasteiger partial charge in [0.05, 0.1) is 18.4 Å². The van der Waals surface area contributed by atoms with Gasteiger partial charge < -0.3 is 14.4 Å². The number of aryl methyl sites for hydroxylation is 2. The predicted octanol–water partition coefficient (Wildman–Crippen LogP) is 5.06. The number of hydrogen-bond acceptors (Lipinski definition) is 4. The largest absolute Gasteiger partial charge is 0.496 e. The normalized spacial score (nSPS) is 10.4. The molecule has 1 amide bonds. The molecule has 0 heterocycles. The summed E-state index contributed by atoms with van der Waals surface area (Å²) >= 11 is 1.18. The lowest BCUT2D eigenvalue weighted by Crippen LogP contribution is -2.23. The highest BCUT2D eigenvalue weighted by Crippen LogP contribution is 2.32. The first kappa shape index (κ1) is 19.2. The third kappa shape index (κ3) is 4.48. The molecule has 0 spiro atoms. The molecule has 0 saturated heterocycles. The Morgan fingerprint density at radius 1 is 1.20 bits per heavy atom. The van der Waals surface area contributed by atoms with Crippen molar-refractivity contribution in [3.05, 3.63) is 53.1 Å². The van der Waals surface area contributed by atoms with Gasteiger partial charge in [0, 0.05) is 7.05 Å². The van der Waals surface area contributed by atoms with Gasteiger partial charge in [0.15, 0.2) is 0 Å². The van der Waals surface area contributed by atoms with Gasteiger partial charge in [-0.25, -0.2) is 0 Å². The average Bonchev–Trinajstić information content (AvgIpc) is 2.65. The van der Waals surface area contributed by atoms with Crippen molar-refractivity contribution in [2.75, 3.05) is 25.3 Å². The molecule has 0 saturated carbocycles. The first-order valence-corrected chi connectivity index (χ1v) is 9.44. The summed E-state index contributed by atoms with van der Waals surface area (Å²) in [7, 11) is 3.39. The standard InChI is InChI=1S/C20H25NO3S/c1-6-15-10-11-18(14(2)12-15)24-13-16-17(21(3)20(22)25-5)8-7-9-19(16)23-4/h7-12H,6,13H2,1-5H3. The van der Waals surface area contributed by atoms with Crippen molar-refractivity contribution in [3.63, 3.8) is 0 Å². The van der Waals surface area contributed by atoms with E-state index in [9.17, 15) is 4.79 Å². The number of ether oxygens (including phenoxy) is 2. The number of rotatable bonds is 6. The molecule has 0 N–H and O–H groups in total. The molecule has 0 aromatic heterocycles. The van der Waals surface area contributed by atoms with Gasteiger partial charge in [-0.15, -0.1) is 0 Å². The third-order valence-electron chi connectivity index (χ3n) is 4.16. The summed E-state index contributed by atoms with van der Waals surface area (Å²) in [5.74, 6) is 1.55. The van der Waals surface area contributed by atoms with Gasteiger partial charge in [0.25, 0.3) is 5.24 Å². The van der Waals surface area contributed by atoms with Crippen molar-refractivity contribution < 1.29 is 14.3 Å². The van der Waals surface area contributed by atoms with E-state index >= 15 is 0 Å². The molecule has 25 heavy (non-hydrogen) atoms. The lowest BCUT2D eigenvalue weighted by atomic mass is 10.1. The highest BCUT2D eigenvalue weighted by Gasteiger charge is 2.18. The molecule has 0 atom stereocenters. The Morgan fingerprint density at radius 2 is 1.96 bits per heavy atom. The van der Waals surface area contributed by atoms with Gasteiger partial charge in [0.2, 0.25) is 0 Å². The lowest BCUT2D eigenvalue weighted by Gasteiger charge is -2.22. The molecule has 2 aromatic rings. The summed E-state index contributed by atoms with van der Waals surface area (Å²) in [6.07, 6.45) is 2.77. The second-order valence-corrected chi connectivity index (χ2v) is 6.49. The summed E-state index contributed by atoms with van der Waals surface area (Å²) in [5, 5.41) is -0.0296. The van der Waals surface area contributed by atoms with E-state index < -0.39 is 0 Å². The number of amides is 1. The first-order chi connectivity index (χ1) is 12.0. The van der Waals surface area contributed by atoms with Crippen LogP contribution in [0, 0.1) is 6.92 Å². The highest BCUT2D eigenvalue weighted by molar-refractivity contribution is 8.13. The molecule has 0 unspecified atom stereocenters. The third-order valence-corrected chi connectivity index (χ3v) is 4.78. The Labute approximate surface area is 154 Å². The van der Waals surface area contributed by atoms with Crippen LogP contribution in [0.4, 0.5) is 10.5 Å². The van der Waals surface area contributed by atoms with E-state index in [0.717, 1.165) is 29.0 Å². The number of carbonyl (C=O) groups is 1. The van der Waals surface area contributed by atoms with Gasteiger partial charge in [-0.1, -0.05) is 36.9 Å². The maximum Gasteiger partial charge on any atom is 0.285 e. The molecule has 0 fully saturated rings. The number of thioether (sulfide) groups is 1. The van der Waals surface area contributed by atoms with Gasteiger partial charge in [-0.05, 0) is 48.9 Å². The molecule has 2 rings (SSSR count). The van der Waals surface area contributed by atoms with E-state index in [1.165, 1.54) is 17.3 Å². The maximum absolute atomic E-state index is 12.1. The number of carbonyl (C=O) groups excluding carboxylic acids is 1. The fraction of sp³-hybridized carbons (Fsp3) is 0.350. The molecular weight excluding hydrogens is 334 g/mol. The number of anilines is 1. The topological polar surface area (TPSA) is 38.8 Å². The fourth-order valence-electron chi connectivity index (χ4n) is 2.68. The summed E-state index contributed by atoms with van der Waals surface area (Å²) in [6, 6.07) is 11.9. The quantitative estimate of drug-likeness (QED) is 0.722. The minimum absolute atomic E-state index is 0.0296. The molecule has 0 bridgehead atoms. The van der Waals surface area contributed by atoms with Crippen LogP contribution in [-0.2, 0) is 13.0 Å². The minimum atomic E-state index is -0.0296. The Hall–Kier alpha value is -2.14. The number of methoxy groups -OCH3 is 1. The van der Waals surface area contributed by atoms with Crippen LogP contribution in [0.25, 0.3) is 0 Å². The number of benzene rings is 2. The van der Waals surface area contributed by atoms with Crippen LogP contribution in [0.15, 0.2) is 36.4 Å². The van der Waals surface area contributed by atoms with Crippen LogP contribution in [0.2, 0.25) is 0 Å². The zero-order valence-electron chi connectivity index (χ0n) is 15.5. The fourth-order valence-corrected chi connectivity index (χ4v) is 3.06. The monoisotopic (exact) mass is 359 g/mol. The molecule has 5 heteroatoms. The van der Waals surface area contributed by atoms with E-state index in [0.29, 0.717) is 12.4 Å². The van der Waals surface area contributed by atoms with E-state index in [1.807, 2.05) is 31.2 Å². The van der Waals surface area contributed by atoms with Crippen LogP contribution in [0.1, 0.15) is 23.6 Å². The second-order valence-electron chi connectivity index (χ2n) is 5.73. The van der Waals surface area contributed by atoms with Gasteiger partial charge in [0.1, 0.15) is 18.1 Å². The van der Waals surface area contributed by atoms with Crippen molar-refractivity contribution in [1.82, 2.24) is 0 Å². The SMILES string of the molecule is CCc1ccc(OCc2c(OC)cccc2N(C)C(=O)SC)c(C)c1. The number of nitrogens with zero attached hydrogens (tertiary/aromatic N) is 1. The maximum atomic E-state index is 12.1. The second kappa shape index (κ2) is 8.81. The van der Waals surface area contributed by atoms with Crippen LogP contribution in [0.3, 0.4) is 0 Å². The summed E-state index contributed by atoms with van der Waals surface area (Å²) in [4.78, 5) is 13.7. The lowest BCUT2D eigenvalue weighted by molar-refractivity contribution is 0.265. The number of hydrogen-bond donors (Lipinski definition) is 0. The smallest absolute Gasteiger partial charge is 0.285 e. The van der Waals surface area contributed by atoms with Crippen molar-refractivity contribution >= 4 is 22.7 Å². The molecule has 0 aliphatic carbocycles. The van der Waals surface area contributed by atoms with Gasteiger partial charge >= 0.3 is 0 Å². The van der Waals surface area contributed by atoms with E-state index in [2.05, 4.69) is 19.1 Å². The van der Waals surface area contributed by atoms with Crippen molar-refractivity contribution in [1.29, 1.82) is 0 Å². The van der Waals surface area contributed by atoms with Gasteiger partial charge in [-0.2, -0.15) is 0 Å². The molecule has 134 valence electrons. The molecule has 2 aromatic carbocycles. The first-order valence-electron chi connectivity index (χ1n) is 8.21. The molecule has 0 aliphatic rings. The molecular formula is C20H25NO3S. The van der Waals surface area contributed by atoms with E-state index in [-0.39, 0.29) is 5.24 Å². The zero-order chi connectivity index (χ0) is 18.4.